The predicted octanol–water partition coefficient (Wildman–Crippen LogP) is 3.53. The van der Waals surface area contributed by atoms with Gasteiger partial charge in [0.05, 0.1) is 0 Å². The smallest absolute Gasteiger partial charge is 0.238 e. The van der Waals surface area contributed by atoms with Gasteiger partial charge in [-0.2, -0.15) is 9.36 Å². The van der Waals surface area contributed by atoms with Crippen LogP contribution in [0.4, 0.5) is 11.1 Å². The van der Waals surface area contributed by atoms with E-state index in [0.717, 1.165) is 48.1 Å². The molecule has 0 spiro atoms. The molecule has 3 aliphatic rings. The van der Waals surface area contributed by atoms with E-state index in [4.69, 9.17) is 4.98 Å². The lowest BCUT2D eigenvalue weighted by Crippen LogP contribution is -2.62. The van der Waals surface area contributed by atoms with Gasteiger partial charge in [0.25, 0.3) is 0 Å². The van der Waals surface area contributed by atoms with Gasteiger partial charge in [0.15, 0.2) is 0 Å². The van der Waals surface area contributed by atoms with E-state index in [-0.39, 0.29) is 0 Å². The lowest BCUT2D eigenvalue weighted by atomic mass is 9.74. The van der Waals surface area contributed by atoms with Crippen molar-refractivity contribution in [3.05, 3.63) is 35.9 Å². The molecule has 0 unspecified atom stereocenters. The van der Waals surface area contributed by atoms with Crippen LogP contribution in [0.3, 0.4) is 0 Å². The van der Waals surface area contributed by atoms with Gasteiger partial charge in [0.1, 0.15) is 0 Å². The fraction of sp³-hybridized carbons (Fsp3) is 0.636. The van der Waals surface area contributed by atoms with E-state index >= 15 is 0 Å². The van der Waals surface area contributed by atoms with Crippen LogP contribution in [0.1, 0.15) is 31.2 Å². The zero-order chi connectivity index (χ0) is 19.1. The van der Waals surface area contributed by atoms with E-state index in [9.17, 15) is 0 Å². The standard InChI is InChI=1S/C22H31N5S/c1-25(2)21-23-22(28-24-21)26-13-17-11-18(15-26)20-10-6-9-19(27(20)14-17)12-16-7-4-3-5-8-16/h3-5,7-8,17-20H,6,9-15H2,1-2H3/t17-,18+,19+,20-/m0/s1. The Morgan fingerprint density at radius 2 is 1.96 bits per heavy atom. The maximum atomic E-state index is 4.78. The third-order valence-corrected chi connectivity index (χ3v) is 7.67. The summed E-state index contributed by atoms with van der Waals surface area (Å²) in [5.74, 6) is 2.38. The van der Waals surface area contributed by atoms with Gasteiger partial charge in [0, 0.05) is 57.3 Å². The Bertz CT molecular complexity index is 791. The number of aromatic nitrogens is 2. The number of hydrogen-bond donors (Lipinski definition) is 0. The zero-order valence-corrected chi connectivity index (χ0v) is 17.8. The number of benzene rings is 1. The first-order valence-electron chi connectivity index (χ1n) is 10.7. The summed E-state index contributed by atoms with van der Waals surface area (Å²) in [6, 6.07) is 12.6. The highest BCUT2D eigenvalue weighted by Gasteiger charge is 2.45. The molecule has 0 radical (unpaired) electrons. The molecule has 0 aliphatic carbocycles. The Balaban J connectivity index is 1.31. The van der Waals surface area contributed by atoms with Gasteiger partial charge in [0.2, 0.25) is 11.1 Å². The van der Waals surface area contributed by atoms with E-state index in [1.54, 1.807) is 11.5 Å². The molecule has 3 fully saturated rings. The maximum Gasteiger partial charge on any atom is 0.238 e. The molecule has 0 N–H and O–H groups in total. The number of piperidine rings is 3. The van der Waals surface area contributed by atoms with Crippen LogP contribution in [0.15, 0.2) is 30.3 Å². The SMILES string of the molecule is CN(C)c1nsc(N2C[C@@H]3C[C@H](C2)[C@@H]2CCC[C@H](Cc4ccccc4)N2C3)n1. The topological polar surface area (TPSA) is 35.5 Å². The van der Waals surface area contributed by atoms with Gasteiger partial charge in [-0.25, -0.2) is 0 Å². The summed E-state index contributed by atoms with van der Waals surface area (Å²) >= 11 is 1.56. The Morgan fingerprint density at radius 3 is 2.75 bits per heavy atom. The molecule has 1 aromatic heterocycles. The molecule has 6 heteroatoms. The van der Waals surface area contributed by atoms with Crippen molar-refractivity contribution in [1.82, 2.24) is 14.3 Å². The van der Waals surface area contributed by atoms with Gasteiger partial charge >= 0.3 is 0 Å². The average molecular weight is 398 g/mol. The lowest BCUT2D eigenvalue weighted by Gasteiger charge is -2.55. The van der Waals surface area contributed by atoms with Crippen molar-refractivity contribution in [2.24, 2.45) is 11.8 Å². The minimum Gasteiger partial charge on any atom is -0.346 e. The average Bonchev–Trinajstić information content (AvgIpc) is 3.20. The minimum absolute atomic E-state index is 0.722. The molecule has 28 heavy (non-hydrogen) atoms. The van der Waals surface area contributed by atoms with Crippen LogP contribution in [-0.2, 0) is 6.42 Å². The van der Waals surface area contributed by atoms with E-state index in [1.807, 2.05) is 19.0 Å². The van der Waals surface area contributed by atoms with Crippen molar-refractivity contribution < 1.29 is 0 Å². The van der Waals surface area contributed by atoms with E-state index in [2.05, 4.69) is 44.5 Å². The van der Waals surface area contributed by atoms with Crippen molar-refractivity contribution in [3.63, 3.8) is 0 Å². The fourth-order valence-corrected chi connectivity index (χ4v) is 6.45. The van der Waals surface area contributed by atoms with Crippen molar-refractivity contribution in [1.29, 1.82) is 0 Å². The second-order valence-corrected chi connectivity index (χ2v) is 9.81. The number of anilines is 2. The summed E-state index contributed by atoms with van der Waals surface area (Å²) in [5, 5.41) is 1.11. The molecule has 3 saturated heterocycles. The molecule has 2 bridgehead atoms. The molecule has 5 nitrogen and oxygen atoms in total. The number of rotatable bonds is 4. The molecule has 150 valence electrons. The normalized spacial score (nSPS) is 30.1. The molecule has 4 atom stereocenters. The first kappa shape index (κ1) is 18.4. The van der Waals surface area contributed by atoms with Gasteiger partial charge in [-0.15, -0.1) is 0 Å². The Morgan fingerprint density at radius 1 is 1.11 bits per heavy atom. The van der Waals surface area contributed by atoms with Crippen molar-refractivity contribution in [3.8, 4) is 0 Å². The summed E-state index contributed by atoms with van der Waals surface area (Å²) in [7, 11) is 4.03. The molecule has 4 heterocycles. The van der Waals surface area contributed by atoms with Crippen LogP contribution < -0.4 is 9.80 Å². The van der Waals surface area contributed by atoms with Crippen molar-refractivity contribution in [2.75, 3.05) is 43.5 Å². The van der Waals surface area contributed by atoms with E-state index < -0.39 is 0 Å². The van der Waals surface area contributed by atoms with Crippen LogP contribution in [0, 0.1) is 11.8 Å². The van der Waals surface area contributed by atoms with Crippen LogP contribution in [0.25, 0.3) is 0 Å². The van der Waals surface area contributed by atoms with Crippen LogP contribution >= 0.6 is 11.5 Å². The third kappa shape index (κ3) is 3.52. The molecular weight excluding hydrogens is 366 g/mol. The highest BCUT2D eigenvalue weighted by molar-refractivity contribution is 7.09. The third-order valence-electron chi connectivity index (χ3n) is 6.90. The fourth-order valence-electron chi connectivity index (χ4n) is 5.69. The first-order chi connectivity index (χ1) is 13.7. The maximum absolute atomic E-state index is 4.78. The predicted molar refractivity (Wildman–Crippen MR) is 116 cm³/mol. The quantitative estimate of drug-likeness (QED) is 0.789. The summed E-state index contributed by atoms with van der Waals surface area (Å²) in [6.07, 6.45) is 6.72. The Labute approximate surface area is 172 Å². The highest BCUT2D eigenvalue weighted by Crippen LogP contribution is 2.41. The van der Waals surface area contributed by atoms with Gasteiger partial charge in [-0.1, -0.05) is 36.8 Å². The molecule has 3 aliphatic heterocycles. The molecular formula is C22H31N5S. The van der Waals surface area contributed by atoms with Gasteiger partial charge in [-0.3, -0.25) is 4.90 Å². The summed E-state index contributed by atoms with van der Waals surface area (Å²) < 4.78 is 4.53. The molecule has 0 amide bonds. The molecule has 1 aromatic carbocycles. The minimum atomic E-state index is 0.722. The van der Waals surface area contributed by atoms with Crippen LogP contribution in [-0.4, -0.2) is 60.1 Å². The molecule has 2 aromatic rings. The highest BCUT2D eigenvalue weighted by atomic mass is 32.1. The van der Waals surface area contributed by atoms with Crippen molar-refractivity contribution >= 4 is 22.6 Å². The summed E-state index contributed by atoms with van der Waals surface area (Å²) in [5.41, 5.74) is 1.50. The van der Waals surface area contributed by atoms with E-state index in [0.29, 0.717) is 0 Å². The summed E-state index contributed by atoms with van der Waals surface area (Å²) in [4.78, 5) is 12.2. The number of fused-ring (bicyclic) bond motifs is 4. The van der Waals surface area contributed by atoms with Crippen LogP contribution in [0.5, 0.6) is 0 Å². The summed E-state index contributed by atoms with van der Waals surface area (Å²) in [6.45, 7) is 3.55. The first-order valence-corrected chi connectivity index (χ1v) is 11.5. The monoisotopic (exact) mass is 397 g/mol. The number of hydrogen-bond acceptors (Lipinski definition) is 6. The lowest BCUT2D eigenvalue weighted by molar-refractivity contribution is -0.0186. The zero-order valence-electron chi connectivity index (χ0n) is 17.0. The van der Waals surface area contributed by atoms with Crippen molar-refractivity contribution in [2.45, 2.75) is 44.2 Å². The second-order valence-electron chi connectivity index (χ2n) is 9.08. The Hall–Kier alpha value is -1.66. The molecule has 0 saturated carbocycles. The van der Waals surface area contributed by atoms with Gasteiger partial charge in [-0.05, 0) is 43.1 Å². The van der Waals surface area contributed by atoms with Crippen LogP contribution in [0.2, 0.25) is 0 Å². The Kier molecular flexibility index (Phi) is 5.01. The van der Waals surface area contributed by atoms with Gasteiger partial charge < -0.3 is 9.80 Å². The second kappa shape index (κ2) is 7.64. The molecule has 5 rings (SSSR count). The number of nitrogens with zero attached hydrogens (tertiary/aromatic N) is 5. The largest absolute Gasteiger partial charge is 0.346 e. The van der Waals surface area contributed by atoms with E-state index in [1.165, 1.54) is 44.2 Å².